The molecule has 0 saturated heterocycles. The predicted octanol–water partition coefficient (Wildman–Crippen LogP) is 12.0. The van der Waals surface area contributed by atoms with Crippen molar-refractivity contribution in [2.75, 3.05) is 13.2 Å². The highest BCUT2D eigenvalue weighted by molar-refractivity contribution is 5.60. The highest BCUT2D eigenvalue weighted by Gasteiger charge is 2.59. The number of nitro groups is 1. The molecule has 2 aromatic rings. The lowest BCUT2D eigenvalue weighted by atomic mass is 9.47. The Hall–Kier alpha value is -3.75. The van der Waals surface area contributed by atoms with Gasteiger partial charge in [0.25, 0.3) is 5.69 Å². The van der Waals surface area contributed by atoms with Gasteiger partial charge in [-0.2, -0.15) is 10.2 Å². The summed E-state index contributed by atoms with van der Waals surface area (Å²) in [7, 11) is 0. The second kappa shape index (κ2) is 15.9. The monoisotopic (exact) mass is 699 g/mol. The molecule has 0 aromatic heterocycles. The Kier molecular flexibility index (Phi) is 11.5. The molecule has 0 N–H and O–H groups in total. The molecule has 9 heteroatoms. The van der Waals surface area contributed by atoms with Crippen LogP contribution in [0.25, 0.3) is 0 Å². The minimum atomic E-state index is -0.628. The second-order valence-corrected chi connectivity index (χ2v) is 16.7. The van der Waals surface area contributed by atoms with Crippen molar-refractivity contribution in [3.63, 3.8) is 0 Å². The highest BCUT2D eigenvalue weighted by atomic mass is 16.7. The number of carbonyl (C=O) groups is 1. The van der Waals surface area contributed by atoms with Crippen molar-refractivity contribution in [2.24, 2.45) is 56.6 Å². The van der Waals surface area contributed by atoms with E-state index in [0.29, 0.717) is 22.5 Å². The summed E-state index contributed by atoms with van der Waals surface area (Å²) < 4.78 is 17.0. The van der Waals surface area contributed by atoms with Gasteiger partial charge in [-0.3, -0.25) is 10.1 Å². The van der Waals surface area contributed by atoms with E-state index in [1.165, 1.54) is 69.1 Å². The summed E-state index contributed by atoms with van der Waals surface area (Å²) in [6.07, 6.45) is 15.4. The number of nitro benzene ring substituents is 1. The van der Waals surface area contributed by atoms with E-state index in [9.17, 15) is 14.9 Å². The lowest BCUT2D eigenvalue weighted by Crippen LogP contribution is -2.51. The smallest absolute Gasteiger partial charge is 0.490 e. The molecule has 276 valence electrons. The SMILES string of the molecule is CC(C)CCC[C@@H](C)[C@H]1CC[C@H]2[C@@H]3CC=C4C[C@@H](OC(=O)OCCOc5ccc(N=Nc6ccc([N+](=O)[O-])cc6)cc5)CC[C@]4(C)[C@H]3CC[C@]12C. The Bertz CT molecular complexity index is 1570. The van der Waals surface area contributed by atoms with E-state index >= 15 is 0 Å². The second-order valence-electron chi connectivity index (χ2n) is 16.7. The van der Waals surface area contributed by atoms with Gasteiger partial charge in [-0.25, -0.2) is 4.79 Å². The third-order valence-corrected chi connectivity index (χ3v) is 13.3. The van der Waals surface area contributed by atoms with E-state index < -0.39 is 11.1 Å². The van der Waals surface area contributed by atoms with Crippen molar-refractivity contribution in [1.29, 1.82) is 0 Å². The molecule has 9 nitrogen and oxygen atoms in total. The summed E-state index contributed by atoms with van der Waals surface area (Å²) in [6, 6.07) is 12.9. The number of nitrogens with zero attached hydrogens (tertiary/aromatic N) is 3. The molecular formula is C42H57N3O6. The fraction of sp³-hybridized carbons (Fsp3) is 0.643. The number of fused-ring (bicyclic) bond motifs is 5. The molecule has 0 spiro atoms. The van der Waals surface area contributed by atoms with Crippen LogP contribution in [0.5, 0.6) is 5.75 Å². The van der Waals surface area contributed by atoms with Gasteiger partial charge in [0.15, 0.2) is 0 Å². The number of benzene rings is 2. The van der Waals surface area contributed by atoms with Crippen molar-refractivity contribution in [3.05, 3.63) is 70.3 Å². The van der Waals surface area contributed by atoms with Gasteiger partial charge in [0.1, 0.15) is 25.1 Å². The van der Waals surface area contributed by atoms with Gasteiger partial charge in [-0.15, -0.1) is 0 Å². The first-order valence-electron chi connectivity index (χ1n) is 19.4. The van der Waals surface area contributed by atoms with Crippen LogP contribution in [0.4, 0.5) is 21.9 Å². The average molecular weight is 700 g/mol. The standard InChI is InChI=1S/C42H57N3O6/c1-28(2)7-6-8-29(3)37-19-20-38-36-18-9-30-27-35(21-23-41(30,4)39(36)22-24-42(37,38)5)51-40(46)50-26-25-49-34-16-12-32(13-17-34)44-43-31-10-14-33(15-11-31)45(47)48/h9-17,28-29,35-39H,6-8,18-27H2,1-5H3/t29-,35+,36+,37-,38+,39+,41+,42-/m1/s1. The zero-order valence-electron chi connectivity index (χ0n) is 31.2. The molecule has 51 heavy (non-hydrogen) atoms. The molecular weight excluding hydrogens is 642 g/mol. The summed E-state index contributed by atoms with van der Waals surface area (Å²) in [4.78, 5) is 23.0. The molecule has 0 bridgehead atoms. The van der Waals surface area contributed by atoms with Crippen LogP contribution in [0.3, 0.4) is 0 Å². The summed E-state index contributed by atoms with van der Waals surface area (Å²) in [6.45, 7) is 12.7. The Balaban J connectivity index is 0.934. The lowest BCUT2D eigenvalue weighted by Gasteiger charge is -2.58. The Morgan fingerprint density at radius 1 is 0.902 bits per heavy atom. The number of hydrogen-bond acceptors (Lipinski definition) is 8. The summed E-state index contributed by atoms with van der Waals surface area (Å²) >= 11 is 0. The van der Waals surface area contributed by atoms with Crippen molar-refractivity contribution >= 4 is 23.2 Å². The minimum Gasteiger partial charge on any atom is -0.490 e. The molecule has 0 radical (unpaired) electrons. The van der Waals surface area contributed by atoms with Crippen LogP contribution in [-0.2, 0) is 9.47 Å². The maximum atomic E-state index is 12.6. The first-order chi connectivity index (χ1) is 24.5. The van der Waals surface area contributed by atoms with Crippen LogP contribution in [-0.4, -0.2) is 30.4 Å². The molecule has 0 heterocycles. The highest BCUT2D eigenvalue weighted by Crippen LogP contribution is 2.67. The topological polar surface area (TPSA) is 113 Å². The van der Waals surface area contributed by atoms with Crippen LogP contribution >= 0.6 is 0 Å². The van der Waals surface area contributed by atoms with Crippen molar-refractivity contribution in [3.8, 4) is 5.75 Å². The number of carbonyl (C=O) groups excluding carboxylic acids is 1. The Morgan fingerprint density at radius 2 is 1.61 bits per heavy atom. The average Bonchev–Trinajstić information content (AvgIpc) is 3.47. The fourth-order valence-corrected chi connectivity index (χ4v) is 10.6. The van der Waals surface area contributed by atoms with E-state index in [0.717, 1.165) is 54.8 Å². The molecule has 0 unspecified atom stereocenters. The van der Waals surface area contributed by atoms with Crippen LogP contribution in [0.15, 0.2) is 70.4 Å². The maximum Gasteiger partial charge on any atom is 0.508 e. The molecule has 3 saturated carbocycles. The molecule has 3 fully saturated rings. The Morgan fingerprint density at radius 3 is 2.29 bits per heavy atom. The molecule has 8 atom stereocenters. The van der Waals surface area contributed by atoms with Crippen LogP contribution in [0.2, 0.25) is 0 Å². The number of non-ortho nitro benzene ring substituents is 1. The molecule has 6 rings (SSSR count). The van der Waals surface area contributed by atoms with E-state index in [-0.39, 0.29) is 30.4 Å². The normalized spacial score (nSPS) is 30.5. The van der Waals surface area contributed by atoms with E-state index in [4.69, 9.17) is 14.2 Å². The lowest BCUT2D eigenvalue weighted by molar-refractivity contribution is -0.384. The van der Waals surface area contributed by atoms with Gasteiger partial charge in [0, 0.05) is 18.6 Å². The fourth-order valence-electron chi connectivity index (χ4n) is 10.6. The number of ether oxygens (including phenoxy) is 3. The summed E-state index contributed by atoms with van der Waals surface area (Å²) in [5, 5.41) is 19.1. The molecule has 4 aliphatic rings. The van der Waals surface area contributed by atoms with Gasteiger partial charge >= 0.3 is 6.16 Å². The molecule has 4 aliphatic carbocycles. The quantitative estimate of drug-likeness (QED) is 0.0513. The largest absolute Gasteiger partial charge is 0.508 e. The molecule has 0 amide bonds. The number of azo groups is 1. The number of rotatable bonds is 13. The van der Waals surface area contributed by atoms with Crippen LogP contribution in [0.1, 0.15) is 105 Å². The zero-order chi connectivity index (χ0) is 36.2. The third kappa shape index (κ3) is 8.33. The number of hydrogen-bond donors (Lipinski definition) is 0. The summed E-state index contributed by atoms with van der Waals surface area (Å²) in [5.74, 6) is 5.48. The van der Waals surface area contributed by atoms with Crippen molar-refractivity contribution in [2.45, 2.75) is 111 Å². The van der Waals surface area contributed by atoms with Gasteiger partial charge in [-0.05, 0) is 128 Å². The van der Waals surface area contributed by atoms with Gasteiger partial charge in [0.05, 0.1) is 16.3 Å². The summed E-state index contributed by atoms with van der Waals surface area (Å²) in [5.41, 5.74) is 3.34. The van der Waals surface area contributed by atoms with Crippen molar-refractivity contribution in [1.82, 2.24) is 0 Å². The predicted molar refractivity (Wildman–Crippen MR) is 198 cm³/mol. The van der Waals surface area contributed by atoms with Gasteiger partial charge < -0.3 is 14.2 Å². The van der Waals surface area contributed by atoms with E-state index in [2.05, 4.69) is 50.9 Å². The van der Waals surface area contributed by atoms with Crippen molar-refractivity contribution < 1.29 is 23.9 Å². The maximum absolute atomic E-state index is 12.6. The van der Waals surface area contributed by atoms with Gasteiger partial charge in [0.2, 0.25) is 0 Å². The first kappa shape index (κ1) is 37.0. The van der Waals surface area contributed by atoms with E-state index in [1.54, 1.807) is 36.4 Å². The zero-order valence-corrected chi connectivity index (χ0v) is 31.2. The van der Waals surface area contributed by atoms with E-state index in [1.807, 2.05) is 0 Å². The van der Waals surface area contributed by atoms with Crippen LogP contribution in [0, 0.1) is 56.5 Å². The first-order valence-corrected chi connectivity index (χ1v) is 19.4. The molecule has 2 aromatic carbocycles. The third-order valence-electron chi connectivity index (χ3n) is 13.3. The van der Waals surface area contributed by atoms with Crippen LogP contribution < -0.4 is 4.74 Å². The Labute approximate surface area is 303 Å². The molecule has 0 aliphatic heterocycles. The number of allylic oxidation sites excluding steroid dienone is 1. The minimum absolute atomic E-state index is 0.00487. The van der Waals surface area contributed by atoms with Gasteiger partial charge in [-0.1, -0.05) is 65.5 Å².